The Morgan fingerprint density at radius 3 is 1.83 bits per heavy atom. The maximum absolute atomic E-state index is 15.3. The highest BCUT2D eigenvalue weighted by Gasteiger charge is 2.46. The number of nitrogens with one attached hydrogen (secondary N) is 9. The van der Waals surface area contributed by atoms with Gasteiger partial charge in [0, 0.05) is 52.7 Å². The Bertz CT molecular complexity index is 3580. The number of esters is 1. The summed E-state index contributed by atoms with van der Waals surface area (Å²) in [5, 5.41) is 90.0. The molecule has 2 aromatic carbocycles. The Morgan fingerprint density at radius 2 is 1.26 bits per heavy atom. The van der Waals surface area contributed by atoms with E-state index < -0.39 is 230 Å². The molecule has 4 fully saturated rings. The minimum absolute atomic E-state index is 0.00833. The first-order valence-electron chi connectivity index (χ1n) is 37.0. The number of Topliss-reactive ketones (excluding diaryl/α,β-unsaturated/α-hetero) is 1. The van der Waals surface area contributed by atoms with Crippen LogP contribution in [0.4, 0.5) is 0 Å². The molecule has 17 N–H and O–H groups in total. The van der Waals surface area contributed by atoms with Crippen molar-refractivity contribution in [3.8, 4) is 11.5 Å². The number of ketones is 1. The van der Waals surface area contributed by atoms with Crippen molar-refractivity contribution < 1.29 is 107 Å². The fourth-order valence-electron chi connectivity index (χ4n) is 13.5. The number of ether oxygens (including phenoxy) is 2. The van der Waals surface area contributed by atoms with E-state index in [2.05, 4.69) is 47.9 Å². The first-order chi connectivity index (χ1) is 51.6. The zero-order chi connectivity index (χ0) is 80.7. The van der Waals surface area contributed by atoms with E-state index in [1.807, 2.05) is 0 Å². The summed E-state index contributed by atoms with van der Waals surface area (Å²) in [4.78, 5) is 203. The number of hydrogen-bond donors (Lipinski definition) is 16. The van der Waals surface area contributed by atoms with Crippen molar-refractivity contribution in [1.29, 1.82) is 0 Å². The van der Waals surface area contributed by atoms with Crippen LogP contribution in [0.3, 0.4) is 0 Å². The molecular formula is C74H109N13O22. The molecule has 0 aromatic heterocycles. The average Bonchev–Trinajstić information content (AvgIpc) is 1.71. The van der Waals surface area contributed by atoms with Crippen molar-refractivity contribution in [2.75, 3.05) is 40.4 Å². The lowest BCUT2D eigenvalue weighted by molar-refractivity contribution is -0.162. The van der Waals surface area contributed by atoms with Crippen LogP contribution in [0.5, 0.6) is 11.5 Å². The summed E-state index contributed by atoms with van der Waals surface area (Å²) in [7, 11) is 2.76. The third-order valence-electron chi connectivity index (χ3n) is 20.2. The number of methoxy groups -OCH3 is 1. The van der Waals surface area contributed by atoms with E-state index in [0.717, 1.165) is 22.8 Å². The number of aliphatic hydroxyl groups is 5. The van der Waals surface area contributed by atoms with Gasteiger partial charge in [-0.3, -0.25) is 67.6 Å². The highest BCUT2D eigenvalue weighted by atomic mass is 16.5. The molecule has 35 heteroatoms. The Kier molecular flexibility index (Phi) is 33.8. The van der Waals surface area contributed by atoms with E-state index in [4.69, 9.17) is 15.2 Å². The molecule has 12 amide bonds. The number of carbonyl (C=O) groups is 14. The zero-order valence-electron chi connectivity index (χ0n) is 63.2. The van der Waals surface area contributed by atoms with E-state index in [-0.39, 0.29) is 82.5 Å². The number of aryl methyl sites for hydroxylation is 1. The number of phenols is 1. The topological polar surface area (TPSA) is 523 Å². The number of benzene rings is 2. The minimum Gasteiger partial charge on any atom is -0.508 e. The van der Waals surface area contributed by atoms with Crippen molar-refractivity contribution in [3.63, 3.8) is 0 Å². The van der Waals surface area contributed by atoms with Crippen molar-refractivity contribution in [3.05, 3.63) is 71.4 Å². The quantitative estimate of drug-likeness (QED) is 0.0382. The van der Waals surface area contributed by atoms with Crippen LogP contribution >= 0.6 is 0 Å². The second-order valence-corrected chi connectivity index (χ2v) is 28.8. The van der Waals surface area contributed by atoms with Crippen LogP contribution in [0, 0.1) is 11.8 Å². The first-order valence-corrected chi connectivity index (χ1v) is 37.0. The molecule has 0 radical (unpaired) electrons. The first kappa shape index (κ1) is 88.2. The van der Waals surface area contributed by atoms with Crippen molar-refractivity contribution in [1.82, 2.24) is 62.6 Å². The van der Waals surface area contributed by atoms with Gasteiger partial charge in [-0.1, -0.05) is 64.5 Å². The summed E-state index contributed by atoms with van der Waals surface area (Å²) in [6.07, 6.45) is -9.95. The number of hydrogen-bond acceptors (Lipinski definition) is 23. The number of nitrogens with zero attached hydrogens (tertiary/aromatic N) is 3. The van der Waals surface area contributed by atoms with Gasteiger partial charge in [0.05, 0.1) is 56.7 Å². The van der Waals surface area contributed by atoms with Crippen LogP contribution in [0.25, 0.3) is 0 Å². The van der Waals surface area contributed by atoms with E-state index >= 15 is 9.59 Å². The van der Waals surface area contributed by atoms with Crippen molar-refractivity contribution >= 4 is 82.6 Å². The molecule has 35 nitrogen and oxygen atoms in total. The number of allylic oxidation sites excluding steroid dienone is 1. The number of phenolic OH excluding ortho intramolecular Hbond substituents is 1. The second-order valence-electron chi connectivity index (χ2n) is 28.8. The highest BCUT2D eigenvalue weighted by Crippen LogP contribution is 2.27. The van der Waals surface area contributed by atoms with Crippen LogP contribution < -0.4 is 58.3 Å². The summed E-state index contributed by atoms with van der Waals surface area (Å²) < 4.78 is 11.4. The molecule has 4 aliphatic heterocycles. The number of likely N-dealkylation sites (N-methyl/N-ethyl adjacent to an activating group) is 1. The predicted octanol–water partition coefficient (Wildman–Crippen LogP) is -3.34. The summed E-state index contributed by atoms with van der Waals surface area (Å²) in [5.41, 5.74) is 6.06. The molecule has 4 aliphatic rings. The van der Waals surface area contributed by atoms with Gasteiger partial charge in [-0.15, -0.1) is 0 Å². The lowest BCUT2D eigenvalue weighted by atomic mass is 9.93. The Balaban J connectivity index is 1.44. The number of rotatable bonds is 23. The smallest absolute Gasteiger partial charge is 0.329 e. The Hall–Kier alpha value is -9.68. The summed E-state index contributed by atoms with van der Waals surface area (Å²) in [5.74, 6) is -13.9. The van der Waals surface area contributed by atoms with Crippen molar-refractivity contribution in [2.45, 2.75) is 242 Å². The molecule has 4 heterocycles. The van der Waals surface area contributed by atoms with Gasteiger partial charge in [0.25, 0.3) is 11.8 Å². The summed E-state index contributed by atoms with van der Waals surface area (Å²) >= 11 is 0. The number of primary amides is 1. The van der Waals surface area contributed by atoms with E-state index in [1.54, 1.807) is 52.0 Å². The van der Waals surface area contributed by atoms with Crippen molar-refractivity contribution in [2.24, 2.45) is 17.6 Å². The SMILES string of the molecule is CC=C1NC(=O)C(CO)NC(=O)C(C(C)CC)NC(=O)C2CCCN2C(=O)C2CCC(N2)C(=O)CNC(=O)C(CCC(N)=O)NC(=O)C(O)C(CC(CC(O)C(O)CC(C)C)OC(=O)C(Cc2ccc(O)cc2)N(C)C(C)=O)NC(=O)C2CCCN2C(=O)C(CCc2ccc(OC)cc2)NC(=O)C(C(C)O)NC1=O. The van der Waals surface area contributed by atoms with E-state index in [9.17, 15) is 88.2 Å². The monoisotopic (exact) mass is 1530 g/mol. The van der Waals surface area contributed by atoms with Crippen LogP contribution in [0.2, 0.25) is 0 Å². The third-order valence-corrected chi connectivity index (χ3v) is 20.2. The number of nitrogens with two attached hydrogens (primary N) is 1. The number of aromatic hydroxyl groups is 1. The number of fused-ring (bicyclic) bond motifs is 4. The Morgan fingerprint density at radius 1 is 0.679 bits per heavy atom. The molecule has 2 aromatic rings. The second kappa shape index (κ2) is 41.8. The van der Waals surface area contributed by atoms with Crippen LogP contribution in [-0.4, -0.2) is 265 Å². The van der Waals surface area contributed by atoms with Gasteiger partial charge in [0.2, 0.25) is 59.1 Å². The summed E-state index contributed by atoms with van der Waals surface area (Å²) in [6.45, 7) is 8.70. The average molecular weight is 1530 g/mol. The Labute approximate surface area is 632 Å². The van der Waals surface area contributed by atoms with Gasteiger partial charge in [0.15, 0.2) is 11.9 Å². The minimum atomic E-state index is -2.51. The number of amides is 12. The normalized spacial score (nSPS) is 26.4. The third kappa shape index (κ3) is 25.2. The standard InChI is InChI=1S/C74H109N13O22/c1-10-39(5)61-69(102)82-53(37-88)66(99)78-47(11-2)65(98)84-62(40(6)89)70(103)80-51(25-20-42-18-23-45(108-9)24-19-42)73(106)86-30-12-14-54(86)67(100)81-52(34-46(35-58(93)57(92)32-38(3)4)109-74(107)56(85(8)41(7)90)33-43-16-21-44(91)22-17-43)63(96)71(104)79-49(28-29-60(75)95)64(97)76-36-59(94)48-26-27-50(77-48)72(105)87-31-13-15-55(87)68(101)83-61/h11,16-19,21-24,38-40,46,48-58,61-63,77,88-89,91-93,96H,10,12-15,20,25-37H2,1-9H3,(H2,75,95)(H,76,97)(H,78,99)(H,79,104)(H,80,103)(H,81,100)(H,82,102)(H,83,101)(H,84,98). The lowest BCUT2D eigenvalue weighted by Crippen LogP contribution is -2.61. The molecule has 4 saturated heterocycles. The molecule has 0 spiro atoms. The summed E-state index contributed by atoms with van der Waals surface area (Å²) in [6, 6.07) is -4.17. The van der Waals surface area contributed by atoms with Gasteiger partial charge >= 0.3 is 5.97 Å². The largest absolute Gasteiger partial charge is 0.508 e. The van der Waals surface area contributed by atoms with Crippen LogP contribution in [-0.2, 0) is 84.7 Å². The van der Waals surface area contributed by atoms with Gasteiger partial charge in [0.1, 0.15) is 71.6 Å². The van der Waals surface area contributed by atoms with Crippen LogP contribution in [0.1, 0.15) is 143 Å². The maximum Gasteiger partial charge on any atom is 0.329 e. The van der Waals surface area contributed by atoms with E-state index in [1.165, 1.54) is 57.2 Å². The fourth-order valence-corrected chi connectivity index (χ4v) is 13.5. The number of aliphatic hydroxyl groups excluding tert-OH is 5. The van der Waals surface area contributed by atoms with Gasteiger partial charge in [-0.25, -0.2) is 4.79 Å². The molecule has 6 rings (SSSR count). The maximum atomic E-state index is 15.3. The molecule has 0 aliphatic carbocycles. The molecule has 2 bridgehead atoms. The predicted molar refractivity (Wildman–Crippen MR) is 390 cm³/mol. The van der Waals surface area contributed by atoms with Gasteiger partial charge in [-0.2, -0.15) is 0 Å². The highest BCUT2D eigenvalue weighted by molar-refractivity contribution is 6.03. The lowest BCUT2D eigenvalue weighted by Gasteiger charge is -2.34. The molecular weight excluding hydrogens is 1420 g/mol. The van der Waals surface area contributed by atoms with E-state index in [0.29, 0.717) is 29.7 Å². The molecule has 602 valence electrons. The molecule has 109 heavy (non-hydrogen) atoms. The van der Waals surface area contributed by atoms with Crippen LogP contribution in [0.15, 0.2) is 60.3 Å². The molecule has 0 saturated carbocycles. The van der Waals surface area contributed by atoms with Gasteiger partial charge in [-0.05, 0) is 125 Å². The fraction of sp³-hybridized carbons (Fsp3) is 0.622. The molecule has 17 unspecified atom stereocenters. The zero-order valence-corrected chi connectivity index (χ0v) is 63.2. The van der Waals surface area contributed by atoms with Gasteiger partial charge < -0.3 is 103 Å². The number of carbonyl (C=O) groups excluding carboxylic acids is 14. The molecule has 17 atom stereocenters.